The zero-order chi connectivity index (χ0) is 13.5. The monoisotopic (exact) mass is 254 g/mol. The number of methoxy groups -OCH3 is 2. The van der Waals surface area contributed by atoms with E-state index in [9.17, 15) is 14.4 Å². The van der Waals surface area contributed by atoms with Gasteiger partial charge in [0.05, 0.1) is 14.2 Å². The zero-order valence-electron chi connectivity index (χ0n) is 9.64. The lowest BCUT2D eigenvalue weighted by molar-refractivity contribution is -0.135. The Hall–Kier alpha value is -2.71. The predicted octanol–water partition coefficient (Wildman–Crippen LogP) is -1.27. The van der Waals surface area contributed by atoms with Gasteiger partial charge in [-0.25, -0.2) is 14.4 Å². The first-order chi connectivity index (χ1) is 8.58. The van der Waals surface area contributed by atoms with E-state index in [-0.39, 0.29) is 0 Å². The Kier molecular flexibility index (Phi) is 4.55. The van der Waals surface area contributed by atoms with E-state index >= 15 is 0 Å². The summed E-state index contributed by atoms with van der Waals surface area (Å²) in [5.74, 6) is -1.27. The second kappa shape index (κ2) is 6.13. The lowest BCUT2D eigenvalue weighted by Crippen LogP contribution is -2.19. The van der Waals surface area contributed by atoms with Crippen molar-refractivity contribution in [1.82, 2.24) is 19.8 Å². The van der Waals surface area contributed by atoms with E-state index in [1.54, 1.807) is 0 Å². The Balaban J connectivity index is 2.88. The highest BCUT2D eigenvalue weighted by Crippen LogP contribution is 1.84. The summed E-state index contributed by atoms with van der Waals surface area (Å²) in [6, 6.07) is 0. The van der Waals surface area contributed by atoms with E-state index in [1.165, 1.54) is 14.2 Å². The smallest absolute Gasteiger partial charge is 0.372 e. The minimum absolute atomic E-state index is 0.637. The summed E-state index contributed by atoms with van der Waals surface area (Å²) in [6.45, 7) is 0. The lowest BCUT2D eigenvalue weighted by Gasteiger charge is -1.89. The molecule has 0 amide bonds. The van der Waals surface area contributed by atoms with Gasteiger partial charge < -0.3 is 9.47 Å². The van der Waals surface area contributed by atoms with Crippen molar-refractivity contribution in [1.29, 1.82) is 0 Å². The molecule has 1 aromatic heterocycles. The van der Waals surface area contributed by atoms with Crippen molar-refractivity contribution in [3.8, 4) is 0 Å². The van der Waals surface area contributed by atoms with Gasteiger partial charge in [0.25, 0.3) is 0 Å². The normalized spacial score (nSPS) is 11.0. The van der Waals surface area contributed by atoms with Crippen molar-refractivity contribution >= 4 is 24.3 Å². The Morgan fingerprint density at radius 2 is 1.39 bits per heavy atom. The Labute approximate surface area is 101 Å². The highest BCUT2D eigenvalue weighted by Gasteiger charge is 2.02. The van der Waals surface area contributed by atoms with E-state index in [0.29, 0.717) is 0 Å². The van der Waals surface area contributed by atoms with Crippen LogP contribution in [0.15, 0.2) is 16.9 Å². The van der Waals surface area contributed by atoms with Gasteiger partial charge in [-0.3, -0.25) is 0 Å². The molecule has 9 nitrogen and oxygen atoms in total. The van der Waals surface area contributed by atoms with Crippen LogP contribution in [0.4, 0.5) is 0 Å². The van der Waals surface area contributed by atoms with E-state index in [4.69, 9.17) is 0 Å². The standard InChI is InChI=1S/C9H10N4O5/c1-17-7(14)3-5-12-9(16)13(11-10-12)6-4-8(15)18-2/h3-6H,1-2H3/b5-3+,6-4+. The van der Waals surface area contributed by atoms with Crippen LogP contribution in [-0.4, -0.2) is 45.9 Å². The highest BCUT2D eigenvalue weighted by atomic mass is 16.5. The Morgan fingerprint density at radius 3 is 1.72 bits per heavy atom. The summed E-state index contributed by atoms with van der Waals surface area (Å²) in [6.07, 6.45) is 4.18. The van der Waals surface area contributed by atoms with Crippen molar-refractivity contribution in [2.24, 2.45) is 0 Å². The molecule has 96 valence electrons. The van der Waals surface area contributed by atoms with Crippen molar-refractivity contribution < 1.29 is 19.1 Å². The summed E-state index contributed by atoms with van der Waals surface area (Å²) in [5.41, 5.74) is -0.657. The molecule has 0 radical (unpaired) electrons. The average molecular weight is 254 g/mol. The van der Waals surface area contributed by atoms with Crippen molar-refractivity contribution in [2.45, 2.75) is 0 Å². The largest absolute Gasteiger partial charge is 0.466 e. The fourth-order valence-electron chi connectivity index (χ4n) is 0.854. The fourth-order valence-corrected chi connectivity index (χ4v) is 0.854. The molecule has 1 aromatic rings. The topological polar surface area (TPSA) is 105 Å². The number of rotatable bonds is 4. The molecule has 0 N–H and O–H groups in total. The molecule has 0 saturated carbocycles. The van der Waals surface area contributed by atoms with Crippen LogP contribution in [0.1, 0.15) is 0 Å². The maximum Gasteiger partial charge on any atom is 0.372 e. The fraction of sp³-hybridized carbons (Fsp3) is 0.222. The Morgan fingerprint density at radius 1 is 1.00 bits per heavy atom. The first-order valence-corrected chi connectivity index (χ1v) is 4.64. The van der Waals surface area contributed by atoms with Crippen LogP contribution in [0.25, 0.3) is 12.4 Å². The number of aromatic nitrogens is 4. The third kappa shape index (κ3) is 3.40. The third-order valence-corrected chi connectivity index (χ3v) is 1.73. The predicted molar refractivity (Wildman–Crippen MR) is 59.0 cm³/mol. The van der Waals surface area contributed by atoms with Crippen molar-refractivity contribution in [3.63, 3.8) is 0 Å². The lowest BCUT2D eigenvalue weighted by atomic mass is 10.6. The number of nitrogens with zero attached hydrogens (tertiary/aromatic N) is 4. The zero-order valence-corrected chi connectivity index (χ0v) is 9.64. The third-order valence-electron chi connectivity index (χ3n) is 1.73. The quantitative estimate of drug-likeness (QED) is 0.487. The molecule has 1 rings (SSSR count). The molecule has 0 fully saturated rings. The Bertz CT molecular complexity index is 507. The molecule has 0 saturated heterocycles. The van der Waals surface area contributed by atoms with Gasteiger partial charge in [0.2, 0.25) is 0 Å². The van der Waals surface area contributed by atoms with Gasteiger partial charge in [-0.1, -0.05) is 0 Å². The van der Waals surface area contributed by atoms with Crippen LogP contribution in [0.3, 0.4) is 0 Å². The van der Waals surface area contributed by atoms with Crippen molar-refractivity contribution in [3.05, 3.63) is 22.6 Å². The van der Waals surface area contributed by atoms with Gasteiger partial charge in [-0.2, -0.15) is 9.36 Å². The number of esters is 2. The number of tetrazole rings is 1. The van der Waals surface area contributed by atoms with Crippen molar-refractivity contribution in [2.75, 3.05) is 14.2 Å². The molecule has 0 aliphatic rings. The molecule has 0 spiro atoms. The van der Waals surface area contributed by atoms with Crippen LogP contribution < -0.4 is 5.69 Å². The molecule has 0 bridgehead atoms. The minimum atomic E-state index is -0.657. The number of carbonyl (C=O) groups excluding carboxylic acids is 2. The summed E-state index contributed by atoms with van der Waals surface area (Å²) in [4.78, 5) is 33.2. The van der Waals surface area contributed by atoms with Crippen LogP contribution in [0.5, 0.6) is 0 Å². The maximum absolute atomic E-state index is 11.6. The maximum atomic E-state index is 11.6. The van der Waals surface area contributed by atoms with E-state index in [2.05, 4.69) is 19.9 Å². The van der Waals surface area contributed by atoms with Crippen LogP contribution in [0.2, 0.25) is 0 Å². The summed E-state index contributed by atoms with van der Waals surface area (Å²) < 4.78 is 10.3. The molecule has 0 atom stereocenters. The highest BCUT2D eigenvalue weighted by molar-refractivity contribution is 5.85. The SMILES string of the molecule is COC(=O)/C=C/n1nnn(/C=C/C(=O)OC)c1=O. The van der Waals surface area contributed by atoms with Crippen LogP contribution >= 0.6 is 0 Å². The van der Waals surface area contributed by atoms with Gasteiger partial charge in [0.1, 0.15) is 0 Å². The summed E-state index contributed by atoms with van der Waals surface area (Å²) in [7, 11) is 2.40. The molecule has 0 aliphatic carbocycles. The molecule has 0 unspecified atom stereocenters. The number of carbonyl (C=O) groups is 2. The number of ether oxygens (including phenoxy) is 2. The van der Waals surface area contributed by atoms with Crippen LogP contribution in [0, 0.1) is 0 Å². The molecule has 1 heterocycles. The molecule has 18 heavy (non-hydrogen) atoms. The summed E-state index contributed by atoms with van der Waals surface area (Å²) >= 11 is 0. The van der Waals surface area contributed by atoms with E-state index < -0.39 is 17.6 Å². The van der Waals surface area contributed by atoms with E-state index in [1.807, 2.05) is 0 Å². The molecular formula is C9H10N4O5. The second-order valence-corrected chi connectivity index (χ2v) is 2.83. The molecular weight excluding hydrogens is 244 g/mol. The molecule has 0 aromatic carbocycles. The van der Waals surface area contributed by atoms with Gasteiger partial charge in [0, 0.05) is 24.6 Å². The first kappa shape index (κ1) is 13.4. The molecule has 0 aliphatic heterocycles. The van der Waals surface area contributed by atoms with Crippen LogP contribution in [-0.2, 0) is 19.1 Å². The van der Waals surface area contributed by atoms with Gasteiger partial charge in [0.15, 0.2) is 0 Å². The van der Waals surface area contributed by atoms with E-state index in [0.717, 1.165) is 33.9 Å². The number of hydrogen-bond acceptors (Lipinski definition) is 7. The minimum Gasteiger partial charge on any atom is -0.466 e. The average Bonchev–Trinajstić information content (AvgIpc) is 2.74. The molecule has 9 heteroatoms. The second-order valence-electron chi connectivity index (χ2n) is 2.83. The van der Waals surface area contributed by atoms with Gasteiger partial charge in [-0.05, 0) is 10.4 Å². The first-order valence-electron chi connectivity index (χ1n) is 4.64. The van der Waals surface area contributed by atoms with Gasteiger partial charge in [-0.15, -0.1) is 0 Å². The number of hydrogen-bond donors (Lipinski definition) is 0. The summed E-state index contributed by atoms with van der Waals surface area (Å²) in [5, 5.41) is 6.89. The van der Waals surface area contributed by atoms with Gasteiger partial charge >= 0.3 is 17.6 Å².